The largest absolute Gasteiger partial charge is 0.339 e. The maximum Gasteiger partial charge on any atom is 0.253 e. The molecule has 0 radical (unpaired) electrons. The number of likely N-dealkylation sites (tertiary alicyclic amines) is 1. The Morgan fingerprint density at radius 2 is 2.00 bits per heavy atom. The van der Waals surface area contributed by atoms with Crippen LogP contribution in [-0.4, -0.2) is 47.8 Å². The highest BCUT2D eigenvalue weighted by Gasteiger charge is 2.33. The summed E-state index contributed by atoms with van der Waals surface area (Å²) in [5, 5.41) is 5.45. The first-order valence-corrected chi connectivity index (χ1v) is 7.67. The molecule has 2 aliphatic heterocycles. The number of carbonyl (C=O) groups excluding carboxylic acids is 3. The maximum absolute atomic E-state index is 13.2. The van der Waals surface area contributed by atoms with Crippen molar-refractivity contribution in [3.8, 4) is 0 Å². The van der Waals surface area contributed by atoms with E-state index >= 15 is 0 Å². The van der Waals surface area contributed by atoms with Gasteiger partial charge in [-0.05, 0) is 31.0 Å². The fourth-order valence-electron chi connectivity index (χ4n) is 3.03. The molecule has 23 heavy (non-hydrogen) atoms. The van der Waals surface area contributed by atoms with E-state index in [9.17, 15) is 18.8 Å². The first-order chi connectivity index (χ1) is 11.0. The van der Waals surface area contributed by atoms with Crippen LogP contribution < -0.4 is 10.6 Å². The minimum atomic E-state index is -0.474. The molecule has 1 atom stereocenters. The summed E-state index contributed by atoms with van der Waals surface area (Å²) in [5.41, 5.74) is 0.345. The summed E-state index contributed by atoms with van der Waals surface area (Å²) in [6, 6.07) is 5.28. The van der Waals surface area contributed by atoms with Crippen molar-refractivity contribution in [1.82, 2.24) is 15.5 Å². The second-order valence-corrected chi connectivity index (χ2v) is 5.91. The van der Waals surface area contributed by atoms with Crippen molar-refractivity contribution >= 4 is 17.7 Å². The van der Waals surface area contributed by atoms with Crippen LogP contribution in [0.15, 0.2) is 24.3 Å². The van der Waals surface area contributed by atoms with Crippen molar-refractivity contribution < 1.29 is 18.8 Å². The molecule has 3 amide bonds. The minimum Gasteiger partial charge on any atom is -0.339 e. The number of rotatable bonds is 3. The van der Waals surface area contributed by atoms with Crippen molar-refractivity contribution in [3.63, 3.8) is 0 Å². The molecule has 2 fully saturated rings. The third kappa shape index (κ3) is 3.56. The van der Waals surface area contributed by atoms with Crippen LogP contribution >= 0.6 is 0 Å². The van der Waals surface area contributed by atoms with Gasteiger partial charge in [0.2, 0.25) is 11.8 Å². The third-order valence-corrected chi connectivity index (χ3v) is 4.26. The Bertz CT molecular complexity index is 641. The Morgan fingerprint density at radius 3 is 2.61 bits per heavy atom. The van der Waals surface area contributed by atoms with Crippen LogP contribution in [0.2, 0.25) is 0 Å². The van der Waals surface area contributed by atoms with E-state index in [1.165, 1.54) is 18.2 Å². The van der Waals surface area contributed by atoms with Crippen molar-refractivity contribution in [3.05, 3.63) is 35.6 Å². The van der Waals surface area contributed by atoms with Crippen molar-refractivity contribution in [2.75, 3.05) is 13.1 Å². The van der Waals surface area contributed by atoms with Gasteiger partial charge in [-0.15, -0.1) is 0 Å². The fraction of sp³-hybridized carbons (Fsp3) is 0.438. The van der Waals surface area contributed by atoms with Gasteiger partial charge in [0, 0.05) is 24.7 Å². The average Bonchev–Trinajstić information content (AvgIpc) is 2.85. The summed E-state index contributed by atoms with van der Waals surface area (Å²) in [5.74, 6) is -1.15. The zero-order chi connectivity index (χ0) is 16.4. The van der Waals surface area contributed by atoms with Gasteiger partial charge in [-0.25, -0.2) is 4.39 Å². The van der Waals surface area contributed by atoms with Crippen molar-refractivity contribution in [2.24, 2.45) is 0 Å². The molecule has 6 nitrogen and oxygen atoms in total. The van der Waals surface area contributed by atoms with Crippen LogP contribution in [0.1, 0.15) is 29.6 Å². The predicted molar refractivity (Wildman–Crippen MR) is 80.0 cm³/mol. The summed E-state index contributed by atoms with van der Waals surface area (Å²) in [6.45, 7) is 1.07. The summed E-state index contributed by atoms with van der Waals surface area (Å²) in [4.78, 5) is 36.7. The Labute approximate surface area is 133 Å². The van der Waals surface area contributed by atoms with Crippen LogP contribution in [0.3, 0.4) is 0 Å². The number of nitrogens with one attached hydrogen (secondary N) is 2. The normalized spacial score (nSPS) is 22.3. The number of carbonyl (C=O) groups is 3. The second kappa shape index (κ2) is 6.45. The molecule has 3 rings (SSSR count). The molecule has 2 aliphatic rings. The molecule has 0 aliphatic carbocycles. The van der Waals surface area contributed by atoms with Gasteiger partial charge >= 0.3 is 0 Å². The molecule has 0 saturated carbocycles. The van der Waals surface area contributed by atoms with Gasteiger partial charge < -0.3 is 10.2 Å². The van der Waals surface area contributed by atoms with E-state index in [1.54, 1.807) is 11.0 Å². The standard InChI is InChI=1S/C16H18FN3O3/c17-11-3-1-2-10(8-11)16(23)20-6-4-12(5-7-20)18-13-9-14(21)19-15(13)22/h1-3,8,12-13,18H,4-7,9H2,(H,19,21,22)/t13-/m1/s1. The van der Waals surface area contributed by atoms with Gasteiger partial charge in [-0.3, -0.25) is 19.7 Å². The highest BCUT2D eigenvalue weighted by Crippen LogP contribution is 2.16. The van der Waals surface area contributed by atoms with Gasteiger partial charge in [-0.2, -0.15) is 0 Å². The van der Waals surface area contributed by atoms with Gasteiger partial charge in [0.05, 0.1) is 12.5 Å². The third-order valence-electron chi connectivity index (χ3n) is 4.26. The second-order valence-electron chi connectivity index (χ2n) is 5.91. The van der Waals surface area contributed by atoms with E-state index in [0.717, 1.165) is 0 Å². The topological polar surface area (TPSA) is 78.5 Å². The molecular weight excluding hydrogens is 301 g/mol. The van der Waals surface area contributed by atoms with Crippen LogP contribution in [0.4, 0.5) is 4.39 Å². The molecule has 0 aromatic heterocycles. The molecule has 2 N–H and O–H groups in total. The minimum absolute atomic E-state index is 0.0909. The molecule has 122 valence electrons. The molecule has 2 saturated heterocycles. The summed E-state index contributed by atoms with van der Waals surface area (Å²) in [7, 11) is 0. The molecule has 0 unspecified atom stereocenters. The van der Waals surface area contributed by atoms with Gasteiger partial charge in [0.1, 0.15) is 5.82 Å². The van der Waals surface area contributed by atoms with Gasteiger partial charge in [0.15, 0.2) is 0 Å². The lowest BCUT2D eigenvalue weighted by atomic mass is 10.0. The summed E-state index contributed by atoms with van der Waals surface area (Å²) in [6.07, 6.45) is 1.55. The van der Waals surface area contributed by atoms with E-state index in [-0.39, 0.29) is 30.2 Å². The Hall–Kier alpha value is -2.28. The predicted octanol–water partition coefficient (Wildman–Crippen LogP) is 0.435. The average molecular weight is 319 g/mol. The molecule has 0 bridgehead atoms. The van der Waals surface area contributed by atoms with E-state index < -0.39 is 11.9 Å². The lowest BCUT2D eigenvalue weighted by Crippen LogP contribution is -2.49. The molecule has 0 spiro atoms. The maximum atomic E-state index is 13.2. The summed E-state index contributed by atoms with van der Waals surface area (Å²) < 4.78 is 13.2. The van der Waals surface area contributed by atoms with E-state index in [2.05, 4.69) is 10.6 Å². The number of hydrogen-bond donors (Lipinski definition) is 2. The number of piperidine rings is 1. The van der Waals surface area contributed by atoms with Gasteiger partial charge in [0.25, 0.3) is 5.91 Å². The number of halogens is 1. The van der Waals surface area contributed by atoms with E-state index in [4.69, 9.17) is 0 Å². The highest BCUT2D eigenvalue weighted by atomic mass is 19.1. The number of imide groups is 1. The lowest BCUT2D eigenvalue weighted by molar-refractivity contribution is -0.125. The van der Waals surface area contributed by atoms with Crippen LogP contribution in [0, 0.1) is 5.82 Å². The number of hydrogen-bond acceptors (Lipinski definition) is 4. The fourth-order valence-corrected chi connectivity index (χ4v) is 3.03. The van der Waals surface area contributed by atoms with Crippen molar-refractivity contribution in [2.45, 2.75) is 31.3 Å². The first kappa shape index (κ1) is 15.6. The Morgan fingerprint density at radius 1 is 1.26 bits per heavy atom. The number of benzene rings is 1. The quantitative estimate of drug-likeness (QED) is 0.792. The summed E-state index contributed by atoms with van der Waals surface area (Å²) >= 11 is 0. The zero-order valence-corrected chi connectivity index (χ0v) is 12.5. The smallest absolute Gasteiger partial charge is 0.253 e. The van der Waals surface area contributed by atoms with Gasteiger partial charge in [-0.1, -0.05) is 6.07 Å². The van der Waals surface area contributed by atoms with Crippen LogP contribution in [0.5, 0.6) is 0 Å². The van der Waals surface area contributed by atoms with Crippen molar-refractivity contribution in [1.29, 1.82) is 0 Å². The Kier molecular flexibility index (Phi) is 4.38. The monoisotopic (exact) mass is 319 g/mol. The molecule has 7 heteroatoms. The first-order valence-electron chi connectivity index (χ1n) is 7.67. The molecule has 1 aromatic carbocycles. The lowest BCUT2D eigenvalue weighted by Gasteiger charge is -2.33. The number of nitrogens with zero attached hydrogens (tertiary/aromatic N) is 1. The highest BCUT2D eigenvalue weighted by molar-refractivity contribution is 6.05. The van der Waals surface area contributed by atoms with Crippen LogP contribution in [-0.2, 0) is 9.59 Å². The Balaban J connectivity index is 1.53. The molecule has 1 aromatic rings. The van der Waals surface area contributed by atoms with E-state index in [1.807, 2.05) is 0 Å². The number of amides is 3. The van der Waals surface area contributed by atoms with E-state index in [0.29, 0.717) is 31.5 Å². The zero-order valence-electron chi connectivity index (χ0n) is 12.5. The SMILES string of the molecule is O=C1C[C@@H](NC2CCN(C(=O)c3cccc(F)c3)CC2)C(=O)N1. The molecular formula is C16H18FN3O3. The van der Waals surface area contributed by atoms with Crippen LogP contribution in [0.25, 0.3) is 0 Å². The molecule has 2 heterocycles.